The molecule has 0 saturated carbocycles. The summed E-state index contributed by atoms with van der Waals surface area (Å²) in [6.45, 7) is 4.67. The third-order valence-corrected chi connectivity index (χ3v) is 4.51. The zero-order valence-corrected chi connectivity index (χ0v) is 13.6. The standard InChI is InChI=1S/C19H21FN4/c20-16-8-6-15(7-9-16)14-24-18-5-2-1-4-17(18)22-19(24)23-12-3-10-21-11-13-23/h1-2,4-9,21H,3,10-14H2. The number of anilines is 1. The third kappa shape index (κ3) is 2.99. The Morgan fingerprint density at radius 3 is 2.71 bits per heavy atom. The number of rotatable bonds is 3. The van der Waals surface area contributed by atoms with Gasteiger partial charge in [-0.3, -0.25) is 0 Å². The Bertz CT molecular complexity index is 817. The zero-order chi connectivity index (χ0) is 16.4. The largest absolute Gasteiger partial charge is 0.341 e. The fraction of sp³-hybridized carbons (Fsp3) is 0.316. The van der Waals surface area contributed by atoms with Crippen molar-refractivity contribution in [2.75, 3.05) is 31.1 Å². The number of hydrogen-bond acceptors (Lipinski definition) is 3. The van der Waals surface area contributed by atoms with Crippen LogP contribution < -0.4 is 10.2 Å². The maximum Gasteiger partial charge on any atom is 0.206 e. The number of halogens is 1. The molecule has 0 atom stereocenters. The van der Waals surface area contributed by atoms with E-state index in [0.29, 0.717) is 6.54 Å². The molecule has 1 aliphatic rings. The van der Waals surface area contributed by atoms with Crippen molar-refractivity contribution in [3.63, 3.8) is 0 Å². The molecule has 0 bridgehead atoms. The molecule has 1 aliphatic heterocycles. The minimum atomic E-state index is -0.201. The van der Waals surface area contributed by atoms with Gasteiger partial charge >= 0.3 is 0 Å². The van der Waals surface area contributed by atoms with Crippen molar-refractivity contribution in [3.05, 3.63) is 59.9 Å². The highest BCUT2D eigenvalue weighted by Crippen LogP contribution is 2.24. The first-order valence-electron chi connectivity index (χ1n) is 8.47. The van der Waals surface area contributed by atoms with Crippen molar-refractivity contribution >= 4 is 17.0 Å². The number of fused-ring (bicyclic) bond motifs is 1. The summed E-state index contributed by atoms with van der Waals surface area (Å²) >= 11 is 0. The molecule has 0 unspecified atom stereocenters. The van der Waals surface area contributed by atoms with Gasteiger partial charge in [-0.2, -0.15) is 0 Å². The molecule has 1 saturated heterocycles. The van der Waals surface area contributed by atoms with Crippen LogP contribution in [0.1, 0.15) is 12.0 Å². The van der Waals surface area contributed by atoms with Crippen molar-refractivity contribution in [3.8, 4) is 0 Å². The maximum absolute atomic E-state index is 13.2. The summed E-state index contributed by atoms with van der Waals surface area (Å²) in [7, 11) is 0. The summed E-state index contributed by atoms with van der Waals surface area (Å²) in [4.78, 5) is 7.23. The molecule has 2 heterocycles. The van der Waals surface area contributed by atoms with Gasteiger partial charge in [-0.05, 0) is 42.8 Å². The van der Waals surface area contributed by atoms with Gasteiger partial charge < -0.3 is 14.8 Å². The molecular formula is C19H21FN4. The number of aromatic nitrogens is 2. The molecule has 0 aliphatic carbocycles. The van der Waals surface area contributed by atoms with Crippen LogP contribution in [0, 0.1) is 5.82 Å². The third-order valence-electron chi connectivity index (χ3n) is 4.51. The summed E-state index contributed by atoms with van der Waals surface area (Å²) in [5.74, 6) is 0.803. The highest BCUT2D eigenvalue weighted by Gasteiger charge is 2.18. The first-order chi connectivity index (χ1) is 11.8. The van der Waals surface area contributed by atoms with Crippen LogP contribution >= 0.6 is 0 Å². The molecule has 24 heavy (non-hydrogen) atoms. The molecular weight excluding hydrogens is 303 g/mol. The summed E-state index contributed by atoms with van der Waals surface area (Å²) < 4.78 is 15.4. The Kier molecular flexibility index (Phi) is 4.17. The molecule has 0 spiro atoms. The normalized spacial score (nSPS) is 15.6. The van der Waals surface area contributed by atoms with E-state index in [2.05, 4.69) is 26.9 Å². The average Bonchev–Trinajstić information content (AvgIpc) is 2.78. The lowest BCUT2D eigenvalue weighted by Gasteiger charge is -2.22. The van der Waals surface area contributed by atoms with Gasteiger partial charge in [-0.15, -0.1) is 0 Å². The molecule has 2 aromatic carbocycles. The second kappa shape index (κ2) is 6.61. The first-order valence-corrected chi connectivity index (χ1v) is 8.47. The summed E-state index contributed by atoms with van der Waals surface area (Å²) in [6.07, 6.45) is 1.11. The molecule has 0 radical (unpaired) electrons. The van der Waals surface area contributed by atoms with Crippen LogP contribution in [0.2, 0.25) is 0 Å². The van der Waals surface area contributed by atoms with E-state index in [4.69, 9.17) is 4.98 Å². The predicted molar refractivity (Wildman–Crippen MR) is 94.9 cm³/mol. The maximum atomic E-state index is 13.2. The Morgan fingerprint density at radius 2 is 1.83 bits per heavy atom. The highest BCUT2D eigenvalue weighted by atomic mass is 19.1. The van der Waals surface area contributed by atoms with Gasteiger partial charge in [0.1, 0.15) is 5.82 Å². The SMILES string of the molecule is Fc1ccc(Cn2c(N3CCCNCC3)nc3ccccc32)cc1. The van der Waals surface area contributed by atoms with E-state index in [-0.39, 0.29) is 5.82 Å². The van der Waals surface area contributed by atoms with Gasteiger partial charge in [0.05, 0.1) is 17.6 Å². The second-order valence-corrected chi connectivity index (χ2v) is 6.20. The lowest BCUT2D eigenvalue weighted by atomic mass is 10.2. The Labute approximate surface area is 140 Å². The quantitative estimate of drug-likeness (QED) is 0.804. The summed E-state index contributed by atoms with van der Waals surface area (Å²) in [6, 6.07) is 14.9. The smallest absolute Gasteiger partial charge is 0.206 e. The average molecular weight is 324 g/mol. The zero-order valence-electron chi connectivity index (χ0n) is 13.6. The van der Waals surface area contributed by atoms with E-state index in [1.165, 1.54) is 12.1 Å². The second-order valence-electron chi connectivity index (χ2n) is 6.20. The number of imidazole rings is 1. The van der Waals surface area contributed by atoms with E-state index in [9.17, 15) is 4.39 Å². The van der Waals surface area contributed by atoms with Crippen molar-refractivity contribution in [2.24, 2.45) is 0 Å². The minimum Gasteiger partial charge on any atom is -0.341 e. The highest BCUT2D eigenvalue weighted by molar-refractivity contribution is 5.79. The van der Waals surface area contributed by atoms with Crippen molar-refractivity contribution in [1.29, 1.82) is 0 Å². The summed E-state index contributed by atoms with van der Waals surface area (Å²) in [5.41, 5.74) is 3.20. The van der Waals surface area contributed by atoms with Gasteiger partial charge in [0.25, 0.3) is 0 Å². The molecule has 4 rings (SSSR count). The van der Waals surface area contributed by atoms with Crippen LogP contribution in [-0.2, 0) is 6.54 Å². The van der Waals surface area contributed by atoms with E-state index in [1.54, 1.807) is 0 Å². The number of nitrogens with one attached hydrogen (secondary N) is 1. The molecule has 1 N–H and O–H groups in total. The van der Waals surface area contributed by atoms with E-state index >= 15 is 0 Å². The molecule has 5 heteroatoms. The van der Waals surface area contributed by atoms with Crippen molar-refractivity contribution in [1.82, 2.24) is 14.9 Å². The lowest BCUT2D eigenvalue weighted by molar-refractivity contribution is 0.626. The van der Waals surface area contributed by atoms with Gasteiger partial charge in [0, 0.05) is 19.6 Å². The van der Waals surface area contributed by atoms with E-state index in [1.807, 2.05) is 24.3 Å². The first kappa shape index (κ1) is 15.1. The van der Waals surface area contributed by atoms with Gasteiger partial charge in [0.15, 0.2) is 0 Å². The Balaban J connectivity index is 1.76. The number of nitrogens with zero attached hydrogens (tertiary/aromatic N) is 3. The monoisotopic (exact) mass is 324 g/mol. The Morgan fingerprint density at radius 1 is 1.00 bits per heavy atom. The van der Waals surface area contributed by atoms with Crippen LogP contribution in [0.4, 0.5) is 10.3 Å². The van der Waals surface area contributed by atoms with Gasteiger partial charge in [-0.1, -0.05) is 24.3 Å². The van der Waals surface area contributed by atoms with Crippen molar-refractivity contribution in [2.45, 2.75) is 13.0 Å². The van der Waals surface area contributed by atoms with Gasteiger partial charge in [-0.25, -0.2) is 9.37 Å². The fourth-order valence-electron chi connectivity index (χ4n) is 3.28. The molecule has 0 amide bonds. The molecule has 1 fully saturated rings. The van der Waals surface area contributed by atoms with Crippen molar-refractivity contribution < 1.29 is 4.39 Å². The van der Waals surface area contributed by atoms with Crippen LogP contribution in [-0.4, -0.2) is 35.7 Å². The minimum absolute atomic E-state index is 0.201. The Hall–Kier alpha value is -2.40. The number of hydrogen-bond donors (Lipinski definition) is 1. The van der Waals surface area contributed by atoms with Crippen LogP contribution in [0.15, 0.2) is 48.5 Å². The van der Waals surface area contributed by atoms with E-state index in [0.717, 1.165) is 55.1 Å². The number of para-hydroxylation sites is 2. The molecule has 4 nitrogen and oxygen atoms in total. The summed E-state index contributed by atoms with van der Waals surface area (Å²) in [5, 5.41) is 3.44. The molecule has 1 aromatic heterocycles. The van der Waals surface area contributed by atoms with Crippen LogP contribution in [0.25, 0.3) is 11.0 Å². The number of benzene rings is 2. The van der Waals surface area contributed by atoms with Gasteiger partial charge in [0.2, 0.25) is 5.95 Å². The molecule has 3 aromatic rings. The molecule has 124 valence electrons. The topological polar surface area (TPSA) is 33.1 Å². The van der Waals surface area contributed by atoms with E-state index < -0.39 is 0 Å². The predicted octanol–water partition coefficient (Wildman–Crippen LogP) is 3.02. The lowest BCUT2D eigenvalue weighted by Crippen LogP contribution is -2.30. The van der Waals surface area contributed by atoms with Crippen LogP contribution in [0.5, 0.6) is 0 Å². The fourth-order valence-corrected chi connectivity index (χ4v) is 3.28. The van der Waals surface area contributed by atoms with Crippen LogP contribution in [0.3, 0.4) is 0 Å².